The maximum absolute atomic E-state index is 12.8. The number of carboxylic acids is 1. The number of ether oxygens (including phenoxy) is 1. The van der Waals surface area contributed by atoms with Crippen molar-refractivity contribution in [1.82, 2.24) is 0 Å². The Morgan fingerprint density at radius 1 is 1.06 bits per heavy atom. The van der Waals surface area contributed by atoms with Crippen molar-refractivity contribution in [3.05, 3.63) is 59.7 Å². The molecule has 1 unspecified atom stereocenters. The summed E-state index contributed by atoms with van der Waals surface area (Å²) in [5.41, 5.74) is 6.53. The van der Waals surface area contributed by atoms with Gasteiger partial charge in [0.05, 0.1) is 6.61 Å². The van der Waals surface area contributed by atoms with Gasteiger partial charge in [0.2, 0.25) is 0 Å². The normalized spacial score (nSPS) is 13.3. The number of anilines is 2. The number of amides is 2. The molecule has 0 radical (unpaired) electrons. The fraction of sp³-hybridized carbons (Fsp3) is 0.360. The molecule has 0 aliphatic carbocycles. The number of hydrogen-bond acceptors (Lipinski definition) is 6. The van der Waals surface area contributed by atoms with E-state index in [0.717, 1.165) is 5.56 Å². The largest absolute Gasteiger partial charge is 0.480 e. The number of aryl methyl sites for hydroxylation is 1. The van der Waals surface area contributed by atoms with E-state index in [0.29, 0.717) is 16.9 Å². The summed E-state index contributed by atoms with van der Waals surface area (Å²) in [5, 5.41) is 15.1. The zero-order valence-corrected chi connectivity index (χ0v) is 19.6. The van der Waals surface area contributed by atoms with E-state index in [1.807, 2.05) is 25.1 Å². The molecule has 0 aliphatic heterocycles. The third kappa shape index (κ3) is 7.41. The van der Waals surface area contributed by atoms with E-state index < -0.39 is 35.2 Å². The number of aliphatic carboxylic acids is 1. The molecule has 0 saturated heterocycles. The Morgan fingerprint density at radius 2 is 1.71 bits per heavy atom. The minimum Gasteiger partial charge on any atom is -0.480 e. The first-order valence-corrected chi connectivity index (χ1v) is 11.0. The molecule has 0 aromatic heterocycles. The number of rotatable bonds is 11. The third-order valence-corrected chi connectivity index (χ3v) is 5.34. The highest BCUT2D eigenvalue weighted by Crippen LogP contribution is 2.22. The van der Waals surface area contributed by atoms with Crippen LogP contribution in [0.25, 0.3) is 0 Å². The molecular weight excluding hydrogens is 438 g/mol. The van der Waals surface area contributed by atoms with E-state index in [1.165, 1.54) is 0 Å². The van der Waals surface area contributed by atoms with Crippen LogP contribution in [0.3, 0.4) is 0 Å². The quantitative estimate of drug-likeness (QED) is 0.291. The average Bonchev–Trinajstić information content (AvgIpc) is 2.76. The van der Waals surface area contributed by atoms with Crippen molar-refractivity contribution in [2.75, 3.05) is 17.2 Å². The second-order valence-electron chi connectivity index (χ2n) is 8.29. The molecule has 34 heavy (non-hydrogen) atoms. The van der Waals surface area contributed by atoms with Crippen LogP contribution in [0.4, 0.5) is 16.2 Å². The number of esters is 1. The molecule has 9 nitrogen and oxygen atoms in total. The van der Waals surface area contributed by atoms with Gasteiger partial charge in [-0.15, -0.1) is 0 Å². The fourth-order valence-corrected chi connectivity index (χ4v) is 3.49. The zero-order chi connectivity index (χ0) is 25.3. The molecule has 2 amide bonds. The highest BCUT2D eigenvalue weighted by molar-refractivity contribution is 6.08. The van der Waals surface area contributed by atoms with Crippen LogP contribution in [0, 0.1) is 12.8 Å². The summed E-state index contributed by atoms with van der Waals surface area (Å²) in [6.07, 6.45) is -0.429. The van der Waals surface area contributed by atoms with Crippen LogP contribution in [0.5, 0.6) is 0 Å². The zero-order valence-electron chi connectivity index (χ0n) is 19.6. The first-order valence-electron chi connectivity index (χ1n) is 11.0. The SMILES string of the molecule is CCOC(=O)CC(C)C[C@](N)(C(=O)O)C(=O)Cc1ccc(NC(=O)Nc2ccccc2C)cc1. The average molecular weight is 470 g/mol. The number of nitrogens with two attached hydrogens (primary N) is 1. The molecule has 5 N–H and O–H groups in total. The van der Waals surface area contributed by atoms with Gasteiger partial charge in [0.15, 0.2) is 11.3 Å². The van der Waals surface area contributed by atoms with Crippen LogP contribution in [0.15, 0.2) is 48.5 Å². The van der Waals surface area contributed by atoms with Crippen molar-refractivity contribution in [2.24, 2.45) is 11.7 Å². The standard InChI is InChI=1S/C25H31N3O6/c1-4-34-22(30)13-16(2)15-25(26,23(31)32)21(29)14-18-9-11-19(12-10-18)27-24(33)28-20-8-6-5-7-17(20)3/h5-12,16H,4,13-15,26H2,1-3H3,(H,31,32)(H2,27,28,33)/t16?,25-/m1/s1. The van der Waals surface area contributed by atoms with Gasteiger partial charge in [-0.1, -0.05) is 37.3 Å². The van der Waals surface area contributed by atoms with E-state index >= 15 is 0 Å². The van der Waals surface area contributed by atoms with Crippen molar-refractivity contribution in [3.63, 3.8) is 0 Å². The van der Waals surface area contributed by atoms with E-state index in [2.05, 4.69) is 10.6 Å². The second kappa shape index (κ2) is 11.9. The van der Waals surface area contributed by atoms with E-state index in [1.54, 1.807) is 44.2 Å². The lowest BCUT2D eigenvalue weighted by atomic mass is 9.82. The Bertz CT molecular complexity index is 1040. The molecule has 2 rings (SSSR count). The van der Waals surface area contributed by atoms with Gasteiger partial charge in [0.1, 0.15) is 0 Å². The second-order valence-corrected chi connectivity index (χ2v) is 8.29. The number of carbonyl (C=O) groups is 4. The number of nitrogens with one attached hydrogen (secondary N) is 2. The molecule has 0 spiro atoms. The number of benzene rings is 2. The molecule has 2 aromatic carbocycles. The highest BCUT2D eigenvalue weighted by Gasteiger charge is 2.43. The van der Waals surface area contributed by atoms with Gasteiger partial charge in [-0.3, -0.25) is 9.59 Å². The topological polar surface area (TPSA) is 148 Å². The monoisotopic (exact) mass is 469 g/mol. The number of urea groups is 1. The summed E-state index contributed by atoms with van der Waals surface area (Å²) >= 11 is 0. The molecule has 2 aromatic rings. The van der Waals surface area contributed by atoms with E-state index in [9.17, 15) is 24.3 Å². The molecular formula is C25H31N3O6. The van der Waals surface area contributed by atoms with Gasteiger partial charge >= 0.3 is 18.0 Å². The van der Waals surface area contributed by atoms with Gasteiger partial charge in [-0.2, -0.15) is 0 Å². The lowest BCUT2D eigenvalue weighted by molar-refractivity contribution is -0.151. The van der Waals surface area contributed by atoms with E-state index in [4.69, 9.17) is 10.5 Å². The van der Waals surface area contributed by atoms with Gasteiger partial charge in [0.25, 0.3) is 0 Å². The first kappa shape index (κ1) is 26.5. The molecule has 0 heterocycles. The maximum Gasteiger partial charge on any atom is 0.331 e. The number of Topliss-reactive ketones (excluding diaryl/α,β-unsaturated/α-hetero) is 1. The smallest absolute Gasteiger partial charge is 0.331 e. The summed E-state index contributed by atoms with van der Waals surface area (Å²) in [6.45, 7) is 5.43. The Morgan fingerprint density at radius 3 is 2.29 bits per heavy atom. The third-order valence-electron chi connectivity index (χ3n) is 5.34. The minimum atomic E-state index is -2.13. The first-order chi connectivity index (χ1) is 16.0. The number of carboxylic acid groups (broad SMARTS) is 1. The number of carbonyl (C=O) groups excluding carboxylic acids is 3. The van der Waals surface area contributed by atoms with Gasteiger partial charge in [-0.05, 0) is 55.5 Å². The Hall–Kier alpha value is -3.72. The summed E-state index contributed by atoms with van der Waals surface area (Å²) in [4.78, 5) is 48.6. The van der Waals surface area contributed by atoms with Crippen molar-refractivity contribution in [2.45, 2.75) is 45.6 Å². The van der Waals surface area contributed by atoms with Crippen LogP contribution in [0.1, 0.15) is 37.8 Å². The van der Waals surface area contributed by atoms with Gasteiger partial charge in [0, 0.05) is 24.2 Å². The number of para-hydroxylation sites is 1. The summed E-state index contributed by atoms with van der Waals surface area (Å²) < 4.78 is 4.87. The molecule has 0 saturated carbocycles. The summed E-state index contributed by atoms with van der Waals surface area (Å²) in [6, 6.07) is 13.4. The summed E-state index contributed by atoms with van der Waals surface area (Å²) in [7, 11) is 0. The molecule has 0 aliphatic rings. The van der Waals surface area contributed by atoms with Crippen LogP contribution in [0.2, 0.25) is 0 Å². The van der Waals surface area contributed by atoms with Crippen molar-refractivity contribution in [1.29, 1.82) is 0 Å². The minimum absolute atomic E-state index is 0.0295. The fourth-order valence-electron chi connectivity index (χ4n) is 3.49. The Kier molecular flexibility index (Phi) is 9.32. The van der Waals surface area contributed by atoms with Crippen molar-refractivity contribution < 1.29 is 29.0 Å². The van der Waals surface area contributed by atoms with Crippen molar-refractivity contribution in [3.8, 4) is 0 Å². The Labute approximate surface area is 198 Å². The number of hydrogen-bond donors (Lipinski definition) is 4. The molecule has 0 fully saturated rings. The lowest BCUT2D eigenvalue weighted by Gasteiger charge is -2.26. The molecule has 0 bridgehead atoms. The van der Waals surface area contributed by atoms with E-state index in [-0.39, 0.29) is 25.9 Å². The molecule has 182 valence electrons. The number of ketones is 1. The van der Waals surface area contributed by atoms with Gasteiger partial charge < -0.3 is 26.2 Å². The van der Waals surface area contributed by atoms with Crippen molar-refractivity contribution >= 4 is 35.1 Å². The van der Waals surface area contributed by atoms with Gasteiger partial charge in [-0.25, -0.2) is 9.59 Å². The maximum atomic E-state index is 12.8. The highest BCUT2D eigenvalue weighted by atomic mass is 16.5. The summed E-state index contributed by atoms with van der Waals surface area (Å²) in [5.74, 6) is -3.04. The predicted molar refractivity (Wildman–Crippen MR) is 129 cm³/mol. The van der Waals surface area contributed by atoms with Crippen LogP contribution < -0.4 is 16.4 Å². The lowest BCUT2D eigenvalue weighted by Crippen LogP contribution is -2.56. The van der Waals surface area contributed by atoms with Crippen LogP contribution in [-0.2, 0) is 25.5 Å². The molecule has 2 atom stereocenters. The van der Waals surface area contributed by atoms with Crippen LogP contribution in [-0.4, -0.2) is 41.0 Å². The molecule has 9 heteroatoms. The Balaban J connectivity index is 1.99. The predicted octanol–water partition coefficient (Wildman–Crippen LogP) is 3.51. The van der Waals surface area contributed by atoms with Crippen LogP contribution >= 0.6 is 0 Å².